The van der Waals surface area contributed by atoms with Crippen LogP contribution in [0.2, 0.25) is 0 Å². The highest BCUT2D eigenvalue weighted by Gasteiger charge is 1.75. The number of rotatable bonds is 0. The van der Waals surface area contributed by atoms with E-state index in [-0.39, 0.29) is 28.5 Å². The number of hydrogen-bond donors (Lipinski definition) is 1. The van der Waals surface area contributed by atoms with E-state index in [2.05, 4.69) is 0 Å². The van der Waals surface area contributed by atoms with Crippen LogP contribution in [0, 0.1) is 0 Å². The van der Waals surface area contributed by atoms with Crippen molar-refractivity contribution in [3.8, 4) is 0 Å². The molecule has 0 spiro atoms. The predicted molar refractivity (Wildman–Crippen MR) is 27.9 cm³/mol. The molecule has 7 heavy (non-hydrogen) atoms. The van der Waals surface area contributed by atoms with Crippen molar-refractivity contribution in [3.05, 3.63) is 24.6 Å². The zero-order chi connectivity index (χ0) is 3.54. The van der Waals surface area contributed by atoms with Crippen molar-refractivity contribution in [2.24, 2.45) is 0 Å². The number of quaternary nitrogens is 1. The topological polar surface area (TPSA) is 46.6 Å². The van der Waals surface area contributed by atoms with Gasteiger partial charge in [-0.05, 0) is 12.2 Å². The van der Waals surface area contributed by atoms with E-state index in [1.54, 1.807) is 0 Å². The highest BCUT2D eigenvalue weighted by Crippen LogP contribution is 1.67. The van der Waals surface area contributed by atoms with Crippen LogP contribution in [0.5, 0.6) is 0 Å². The lowest BCUT2D eigenvalue weighted by atomic mass is 10.6. The van der Waals surface area contributed by atoms with Crippen LogP contribution >= 0.6 is 0 Å². The van der Waals surface area contributed by atoms with E-state index in [1.807, 2.05) is 29.9 Å². The minimum absolute atomic E-state index is 0. The standard InChI is InChI=1S/C4H5N.Mg.H2O/c1-2-4-5-3-1;;/h1-5H;;1H2. The number of nitrogens with two attached hydrogens (primary N) is 1. The van der Waals surface area contributed by atoms with Crippen molar-refractivity contribution < 1.29 is 10.8 Å². The molecule has 0 amide bonds. The van der Waals surface area contributed by atoms with Crippen LogP contribution < -0.4 is 5.32 Å². The highest BCUT2D eigenvalue weighted by molar-refractivity contribution is 5.75. The summed E-state index contributed by atoms with van der Waals surface area (Å²) < 4.78 is 0. The van der Waals surface area contributed by atoms with E-state index in [0.29, 0.717) is 0 Å². The summed E-state index contributed by atoms with van der Waals surface area (Å²) in [6.45, 7) is 0. The van der Waals surface area contributed by atoms with Gasteiger partial charge in [0.2, 0.25) is 0 Å². The fourth-order valence-corrected chi connectivity index (χ4v) is 0.321. The van der Waals surface area contributed by atoms with E-state index in [9.17, 15) is 0 Å². The molecule has 0 aromatic heterocycles. The van der Waals surface area contributed by atoms with Crippen molar-refractivity contribution in [1.82, 2.24) is 0 Å². The van der Waals surface area contributed by atoms with Crippen molar-refractivity contribution in [2.75, 3.05) is 0 Å². The lowest BCUT2D eigenvalue weighted by Crippen LogP contribution is -2.69. The molecule has 0 saturated heterocycles. The van der Waals surface area contributed by atoms with Gasteiger partial charge in [-0.3, -0.25) is 5.32 Å². The Balaban J connectivity index is 0. The molecule has 1 heterocycles. The molecule has 0 aromatic rings. The Morgan fingerprint density at radius 1 is 1.00 bits per heavy atom. The third kappa shape index (κ3) is 4.01. The summed E-state index contributed by atoms with van der Waals surface area (Å²) in [6.07, 6.45) is 8.00. The Hall–Kier alpha value is 0.166. The van der Waals surface area contributed by atoms with Crippen LogP contribution in [-0.2, 0) is 0 Å². The van der Waals surface area contributed by atoms with Gasteiger partial charge in [-0.25, -0.2) is 0 Å². The maximum Gasteiger partial charge on any atom is 0.0973 e. The van der Waals surface area contributed by atoms with Gasteiger partial charge in [0.05, 0.1) is 12.4 Å². The number of hydrogen-bond acceptors (Lipinski definition) is 1. The summed E-state index contributed by atoms with van der Waals surface area (Å²) in [5, 5.41) is 2.00. The second kappa shape index (κ2) is 6.17. The van der Waals surface area contributed by atoms with Crippen LogP contribution in [0.3, 0.4) is 0 Å². The van der Waals surface area contributed by atoms with Gasteiger partial charge in [0.15, 0.2) is 0 Å². The van der Waals surface area contributed by atoms with E-state index in [0.717, 1.165) is 0 Å². The number of allylic oxidation sites excluding steroid dienone is 2. The quantitative estimate of drug-likeness (QED) is 0.400. The van der Waals surface area contributed by atoms with E-state index in [4.69, 9.17) is 0 Å². The molecule has 1 aliphatic rings. The first-order valence-corrected chi connectivity index (χ1v) is 1.67. The van der Waals surface area contributed by atoms with Crippen LogP contribution in [0.25, 0.3) is 0 Å². The van der Waals surface area contributed by atoms with Crippen LogP contribution in [-0.4, -0.2) is 28.5 Å². The maximum absolute atomic E-state index is 2.00. The van der Waals surface area contributed by atoms with Crippen molar-refractivity contribution in [3.63, 3.8) is 0 Å². The minimum atomic E-state index is 0. The van der Waals surface area contributed by atoms with Gasteiger partial charge >= 0.3 is 0 Å². The van der Waals surface area contributed by atoms with Gasteiger partial charge in [0, 0.05) is 23.1 Å². The molecule has 0 fully saturated rings. The molecule has 0 aromatic carbocycles. The first kappa shape index (κ1) is 10.2. The maximum atomic E-state index is 2.00. The van der Waals surface area contributed by atoms with Crippen LogP contribution in [0.4, 0.5) is 0 Å². The van der Waals surface area contributed by atoms with Crippen LogP contribution in [0.1, 0.15) is 0 Å². The molecule has 1 aliphatic heterocycles. The Bertz CT molecular complexity index is 69.8. The molecule has 0 atom stereocenters. The molecule has 36 valence electrons. The molecule has 0 aliphatic carbocycles. The normalized spacial score (nSPS) is 12.6. The van der Waals surface area contributed by atoms with Gasteiger partial charge in [0.25, 0.3) is 0 Å². The molecule has 3 N–H and O–H groups in total. The minimum Gasteiger partial charge on any atom is -0.870 e. The molecule has 2 radical (unpaired) electrons. The van der Waals surface area contributed by atoms with Gasteiger partial charge in [-0.2, -0.15) is 0 Å². The third-order valence-electron chi connectivity index (χ3n) is 0.556. The van der Waals surface area contributed by atoms with E-state index >= 15 is 0 Å². The monoisotopic (exact) mass is 109 g/mol. The van der Waals surface area contributed by atoms with Gasteiger partial charge in [-0.15, -0.1) is 0 Å². The zero-order valence-electron chi connectivity index (χ0n) is 4.04. The van der Waals surface area contributed by atoms with E-state index < -0.39 is 0 Å². The van der Waals surface area contributed by atoms with Crippen LogP contribution in [0.15, 0.2) is 24.6 Å². The molecule has 0 unspecified atom stereocenters. The first-order valence-electron chi connectivity index (χ1n) is 1.67. The fourth-order valence-electron chi connectivity index (χ4n) is 0.321. The SMILES string of the molecule is C1=C[NH2+]C=C1.[Mg].[OH-]. The molecule has 0 saturated carbocycles. The summed E-state index contributed by atoms with van der Waals surface area (Å²) in [7, 11) is 0. The molecule has 0 bridgehead atoms. The summed E-state index contributed by atoms with van der Waals surface area (Å²) in [4.78, 5) is 0. The smallest absolute Gasteiger partial charge is 0.0973 e. The molecular weight excluding hydrogens is 102 g/mol. The second-order valence-electron chi connectivity index (χ2n) is 0.962. The summed E-state index contributed by atoms with van der Waals surface area (Å²) in [6, 6.07) is 0. The summed E-state index contributed by atoms with van der Waals surface area (Å²) >= 11 is 0. The summed E-state index contributed by atoms with van der Waals surface area (Å²) in [5.74, 6) is 0. The molecule has 2 nitrogen and oxygen atoms in total. The average Bonchev–Trinajstić information content (AvgIpc) is 1.76. The molecule has 1 rings (SSSR count). The lowest BCUT2D eigenvalue weighted by Gasteiger charge is -1.61. The Labute approximate surface area is 58.7 Å². The summed E-state index contributed by atoms with van der Waals surface area (Å²) in [5.41, 5.74) is 0. The second-order valence-corrected chi connectivity index (χ2v) is 0.962. The molecular formula is C4H7MgNO. The molecule has 3 heteroatoms. The Morgan fingerprint density at radius 2 is 1.43 bits per heavy atom. The zero-order valence-corrected chi connectivity index (χ0v) is 5.46. The largest absolute Gasteiger partial charge is 0.870 e. The van der Waals surface area contributed by atoms with Gasteiger partial charge < -0.3 is 5.48 Å². The Kier molecular flexibility index (Phi) is 8.99. The first-order chi connectivity index (χ1) is 2.50. The predicted octanol–water partition coefficient (Wildman–Crippen LogP) is -0.967. The lowest BCUT2D eigenvalue weighted by molar-refractivity contribution is -0.510. The van der Waals surface area contributed by atoms with Crippen molar-refractivity contribution in [2.45, 2.75) is 0 Å². The Morgan fingerprint density at radius 3 is 1.57 bits per heavy atom. The van der Waals surface area contributed by atoms with Gasteiger partial charge in [-0.1, -0.05) is 0 Å². The average molecular weight is 109 g/mol. The third-order valence-corrected chi connectivity index (χ3v) is 0.556. The highest BCUT2D eigenvalue weighted by atomic mass is 24.3. The van der Waals surface area contributed by atoms with Crippen molar-refractivity contribution in [1.29, 1.82) is 0 Å². The fraction of sp³-hybridized carbons (Fsp3) is 0. The van der Waals surface area contributed by atoms with Gasteiger partial charge in [0.1, 0.15) is 0 Å². The van der Waals surface area contributed by atoms with E-state index in [1.165, 1.54) is 0 Å². The van der Waals surface area contributed by atoms with Crippen molar-refractivity contribution >= 4 is 23.1 Å².